The van der Waals surface area contributed by atoms with Gasteiger partial charge in [0.2, 0.25) is 15.9 Å². The van der Waals surface area contributed by atoms with Crippen LogP contribution in [0, 0.1) is 11.8 Å². The van der Waals surface area contributed by atoms with E-state index in [-0.39, 0.29) is 48.7 Å². The Bertz CT molecular complexity index is 1630. The van der Waals surface area contributed by atoms with Crippen molar-refractivity contribution in [3.8, 4) is 0 Å². The number of urea groups is 1. The molecule has 14 heteroatoms. The van der Waals surface area contributed by atoms with Gasteiger partial charge in [-0.3, -0.25) is 4.79 Å². The normalized spacial score (nSPS) is 14.0. The molecule has 3 amide bonds. The van der Waals surface area contributed by atoms with Gasteiger partial charge in [-0.25, -0.2) is 18.2 Å². The Kier molecular flexibility index (Phi) is 14.7. The molecule has 0 bridgehead atoms. The standard InChI is InChI=1S/C35H50N6O6S2/c1-23(2)19-41(49(46,47)29-15-13-27(14-16-29)18-36-45)21-31(42)30(17-26-11-9-8-10-12-26)38-33(43)32(24(3)4)39-35(44)40(7)20-28-22-48-34(37-28)25(5)6/h8-16,18,22-25,30-32,42,45H,17,19-21H2,1-7H3,(H,38,43)(H,39,44)/b36-18+/t30-,31?,32+/m0/s1. The van der Waals surface area contributed by atoms with E-state index in [9.17, 15) is 23.1 Å². The van der Waals surface area contributed by atoms with Crippen LogP contribution < -0.4 is 10.6 Å². The van der Waals surface area contributed by atoms with Gasteiger partial charge in [0.25, 0.3) is 0 Å². The Balaban J connectivity index is 1.83. The van der Waals surface area contributed by atoms with Crippen LogP contribution in [0.5, 0.6) is 0 Å². The maximum atomic E-state index is 13.8. The van der Waals surface area contributed by atoms with Gasteiger partial charge in [0.1, 0.15) is 6.04 Å². The number of oxime groups is 1. The molecule has 49 heavy (non-hydrogen) atoms. The van der Waals surface area contributed by atoms with Crippen molar-refractivity contribution in [2.24, 2.45) is 17.0 Å². The van der Waals surface area contributed by atoms with E-state index in [2.05, 4.69) is 34.6 Å². The van der Waals surface area contributed by atoms with Crippen molar-refractivity contribution in [3.05, 3.63) is 81.8 Å². The number of hydrogen-bond acceptors (Lipinski definition) is 9. The third kappa shape index (κ3) is 11.6. The summed E-state index contributed by atoms with van der Waals surface area (Å²) >= 11 is 1.54. The summed E-state index contributed by atoms with van der Waals surface area (Å²) in [6.45, 7) is 11.6. The summed E-state index contributed by atoms with van der Waals surface area (Å²) in [4.78, 5) is 33.1. The lowest BCUT2D eigenvalue weighted by atomic mass is 9.98. The highest BCUT2D eigenvalue weighted by atomic mass is 32.2. The van der Waals surface area contributed by atoms with Crippen LogP contribution in [0.15, 0.2) is 70.0 Å². The van der Waals surface area contributed by atoms with Crippen molar-refractivity contribution in [2.45, 2.75) is 83.5 Å². The zero-order chi connectivity index (χ0) is 36.3. The first-order chi connectivity index (χ1) is 23.1. The lowest BCUT2D eigenvalue weighted by Crippen LogP contribution is -2.58. The summed E-state index contributed by atoms with van der Waals surface area (Å²) in [6.07, 6.45) is 0.112. The second kappa shape index (κ2) is 18.2. The molecule has 0 fully saturated rings. The SMILES string of the molecule is CC(C)CN(CC(O)[C@H](Cc1ccccc1)NC(=O)[C@H](NC(=O)N(C)Cc1csc(C(C)C)n1)C(C)C)S(=O)(=O)c1ccc(/C=N/O)cc1. The summed E-state index contributed by atoms with van der Waals surface area (Å²) in [7, 11) is -2.42. The molecule has 0 aliphatic rings. The average molecular weight is 715 g/mol. The summed E-state index contributed by atoms with van der Waals surface area (Å²) in [5, 5.41) is 32.1. The van der Waals surface area contributed by atoms with E-state index >= 15 is 0 Å². The maximum absolute atomic E-state index is 13.8. The fraction of sp³-hybridized carbons (Fsp3) is 0.486. The fourth-order valence-corrected chi connectivity index (χ4v) is 7.58. The minimum Gasteiger partial charge on any atom is -0.411 e. The Morgan fingerprint density at radius 1 is 0.980 bits per heavy atom. The number of benzene rings is 2. The predicted molar refractivity (Wildman–Crippen MR) is 192 cm³/mol. The minimum absolute atomic E-state index is 0.0175. The second-order valence-electron chi connectivity index (χ2n) is 13.3. The minimum atomic E-state index is -4.06. The van der Waals surface area contributed by atoms with Crippen LogP contribution in [0.4, 0.5) is 4.79 Å². The van der Waals surface area contributed by atoms with Gasteiger partial charge in [0, 0.05) is 31.4 Å². The average Bonchev–Trinajstić information content (AvgIpc) is 3.52. The first kappa shape index (κ1) is 39.6. The van der Waals surface area contributed by atoms with E-state index in [0.717, 1.165) is 16.3 Å². The number of aliphatic hydroxyl groups excluding tert-OH is 1. The molecule has 3 atom stereocenters. The second-order valence-corrected chi connectivity index (χ2v) is 16.1. The van der Waals surface area contributed by atoms with Gasteiger partial charge in [-0.1, -0.05) is 89.2 Å². The number of hydrogen-bond donors (Lipinski definition) is 4. The molecule has 0 spiro atoms. The van der Waals surface area contributed by atoms with Gasteiger partial charge in [0.05, 0.1) is 40.5 Å². The van der Waals surface area contributed by atoms with E-state index in [1.165, 1.54) is 39.7 Å². The molecule has 268 valence electrons. The van der Waals surface area contributed by atoms with Crippen molar-refractivity contribution in [2.75, 3.05) is 20.1 Å². The van der Waals surface area contributed by atoms with Gasteiger partial charge < -0.3 is 25.8 Å². The Hall–Kier alpha value is -3.85. The smallest absolute Gasteiger partial charge is 0.318 e. The number of carbonyl (C=O) groups excluding carboxylic acids is 2. The summed E-state index contributed by atoms with van der Waals surface area (Å²) in [5.41, 5.74) is 2.11. The number of amides is 3. The zero-order valence-electron chi connectivity index (χ0n) is 29.3. The molecule has 3 rings (SSSR count). The van der Waals surface area contributed by atoms with E-state index in [0.29, 0.717) is 5.56 Å². The van der Waals surface area contributed by atoms with Crippen molar-refractivity contribution in [3.63, 3.8) is 0 Å². The van der Waals surface area contributed by atoms with Crippen LogP contribution in [-0.4, -0.2) is 89.4 Å². The first-order valence-corrected chi connectivity index (χ1v) is 18.7. The van der Waals surface area contributed by atoms with Crippen molar-refractivity contribution < 1.29 is 28.3 Å². The fourth-order valence-electron chi connectivity index (χ4n) is 5.13. The number of aromatic nitrogens is 1. The number of carbonyl (C=O) groups is 2. The van der Waals surface area contributed by atoms with Gasteiger partial charge in [-0.15, -0.1) is 11.3 Å². The largest absolute Gasteiger partial charge is 0.411 e. The van der Waals surface area contributed by atoms with Crippen molar-refractivity contribution in [1.82, 2.24) is 24.8 Å². The van der Waals surface area contributed by atoms with E-state index < -0.39 is 40.1 Å². The van der Waals surface area contributed by atoms with Crippen LogP contribution in [0.1, 0.15) is 69.3 Å². The Morgan fingerprint density at radius 2 is 1.63 bits per heavy atom. The molecule has 12 nitrogen and oxygen atoms in total. The molecule has 0 aliphatic carbocycles. The highest BCUT2D eigenvalue weighted by Gasteiger charge is 2.34. The monoisotopic (exact) mass is 714 g/mol. The van der Waals surface area contributed by atoms with Crippen LogP contribution in [0.25, 0.3) is 0 Å². The van der Waals surface area contributed by atoms with Crippen molar-refractivity contribution >= 4 is 39.5 Å². The maximum Gasteiger partial charge on any atom is 0.318 e. The Morgan fingerprint density at radius 3 is 2.18 bits per heavy atom. The molecule has 0 saturated carbocycles. The number of nitrogens with zero attached hydrogens (tertiary/aromatic N) is 4. The highest BCUT2D eigenvalue weighted by Crippen LogP contribution is 2.21. The molecule has 3 aromatic rings. The first-order valence-electron chi connectivity index (χ1n) is 16.4. The molecule has 1 unspecified atom stereocenters. The number of rotatable bonds is 17. The van der Waals surface area contributed by atoms with Crippen LogP contribution in [-0.2, 0) is 27.8 Å². The predicted octanol–water partition coefficient (Wildman–Crippen LogP) is 4.68. The quantitative estimate of drug-likeness (QED) is 0.0896. The van der Waals surface area contributed by atoms with Gasteiger partial charge in [-0.2, -0.15) is 4.31 Å². The van der Waals surface area contributed by atoms with Gasteiger partial charge >= 0.3 is 6.03 Å². The van der Waals surface area contributed by atoms with Gasteiger partial charge in [-0.05, 0) is 41.5 Å². The lowest BCUT2D eigenvalue weighted by molar-refractivity contribution is -0.125. The number of nitrogens with one attached hydrogen (secondary N) is 2. The molecule has 2 aromatic carbocycles. The van der Waals surface area contributed by atoms with E-state index in [4.69, 9.17) is 5.21 Å². The third-order valence-corrected chi connectivity index (χ3v) is 10.9. The van der Waals surface area contributed by atoms with Crippen molar-refractivity contribution in [1.29, 1.82) is 0 Å². The molecular formula is C35H50N6O6S2. The van der Waals surface area contributed by atoms with Crippen LogP contribution in [0.2, 0.25) is 0 Å². The topological polar surface area (TPSA) is 165 Å². The molecule has 4 N–H and O–H groups in total. The molecule has 0 saturated heterocycles. The zero-order valence-corrected chi connectivity index (χ0v) is 30.9. The molecule has 0 aliphatic heterocycles. The summed E-state index contributed by atoms with van der Waals surface area (Å²) in [5.74, 6) is -0.575. The summed E-state index contributed by atoms with van der Waals surface area (Å²) < 4.78 is 28.8. The number of thiazole rings is 1. The van der Waals surface area contributed by atoms with E-state index in [1.54, 1.807) is 18.4 Å². The number of sulfonamides is 1. The number of aliphatic hydroxyl groups is 1. The van der Waals surface area contributed by atoms with Crippen LogP contribution >= 0.6 is 11.3 Å². The third-order valence-electron chi connectivity index (χ3n) is 7.81. The molecular weight excluding hydrogens is 665 g/mol. The van der Waals surface area contributed by atoms with Crippen LogP contribution in [0.3, 0.4) is 0 Å². The molecule has 1 heterocycles. The lowest BCUT2D eigenvalue weighted by Gasteiger charge is -2.32. The highest BCUT2D eigenvalue weighted by molar-refractivity contribution is 7.89. The van der Waals surface area contributed by atoms with E-state index in [1.807, 2.05) is 63.4 Å². The summed E-state index contributed by atoms with van der Waals surface area (Å²) in [6, 6.07) is 12.9. The molecule has 0 radical (unpaired) electrons. The Labute approximate surface area is 294 Å². The van der Waals surface area contributed by atoms with Gasteiger partial charge in [0.15, 0.2) is 0 Å². The molecule has 1 aromatic heterocycles.